The number of nitrogens with zero attached hydrogens (tertiary/aromatic N) is 4. The number of nitrogens with one attached hydrogen (secondary N) is 2. The number of nitrogen functional groups attached to an aromatic ring is 1. The number of hydrogen-bond acceptors (Lipinski definition) is 7. The number of rotatable bonds is 10. The fourth-order valence-corrected chi connectivity index (χ4v) is 3.41. The summed E-state index contributed by atoms with van der Waals surface area (Å²) < 4.78 is 6.87. The van der Waals surface area contributed by atoms with E-state index >= 15 is 0 Å². The van der Waals surface area contributed by atoms with Crippen LogP contribution in [0, 0.1) is 0 Å². The van der Waals surface area contributed by atoms with Gasteiger partial charge in [0.05, 0.1) is 19.0 Å². The number of anilines is 2. The quantitative estimate of drug-likeness (QED) is 0.294. The van der Waals surface area contributed by atoms with Crippen LogP contribution >= 0.6 is 0 Å². The minimum absolute atomic E-state index is 0.386. The lowest BCUT2D eigenvalue weighted by Crippen LogP contribution is -2.23. The monoisotopic (exact) mass is 473 g/mol. The highest BCUT2D eigenvalue weighted by Crippen LogP contribution is 2.24. The van der Waals surface area contributed by atoms with Crippen LogP contribution in [0.4, 0.5) is 11.5 Å². The molecule has 0 aliphatic heterocycles. The van der Waals surface area contributed by atoms with Crippen LogP contribution in [0.1, 0.15) is 24.8 Å². The number of aryl methyl sites for hydroxylation is 1. The first-order valence-electron chi connectivity index (χ1n) is 11.8. The number of benzene rings is 1. The van der Waals surface area contributed by atoms with E-state index in [1.54, 1.807) is 18.0 Å². The minimum Gasteiger partial charge on any atom is -0.481 e. The molecule has 3 heterocycles. The molecule has 4 aromatic rings. The van der Waals surface area contributed by atoms with Crippen LogP contribution in [-0.2, 0) is 7.05 Å². The summed E-state index contributed by atoms with van der Waals surface area (Å²) >= 11 is 0. The molecule has 0 fully saturated rings. The van der Waals surface area contributed by atoms with Crippen molar-refractivity contribution < 1.29 is 4.74 Å². The number of methoxy groups -OCH3 is 1. The Morgan fingerprint density at radius 1 is 0.971 bits per heavy atom. The predicted molar refractivity (Wildman–Crippen MR) is 142 cm³/mol. The van der Waals surface area contributed by atoms with E-state index in [-0.39, 0.29) is 0 Å². The molecule has 8 heteroatoms. The van der Waals surface area contributed by atoms with Crippen molar-refractivity contribution in [2.45, 2.75) is 19.3 Å². The zero-order valence-electron chi connectivity index (χ0n) is 20.7. The molecule has 1 atom stereocenters. The summed E-state index contributed by atoms with van der Waals surface area (Å²) in [4.78, 5) is 8.56. The molecule has 3 aromatic heterocycles. The van der Waals surface area contributed by atoms with Gasteiger partial charge in [-0.05, 0) is 30.5 Å². The van der Waals surface area contributed by atoms with Gasteiger partial charge in [-0.3, -0.25) is 4.68 Å². The summed E-state index contributed by atoms with van der Waals surface area (Å²) in [6.07, 6.45) is 8.40. The molecule has 4 rings (SSSR count). The number of hydrogen-bond donors (Lipinski definition) is 3. The predicted octanol–water partition coefficient (Wildman–Crippen LogP) is 4.35. The molecule has 0 radical (unpaired) electrons. The average Bonchev–Trinajstić information content (AvgIpc) is 3.34. The molecule has 0 spiro atoms. The van der Waals surface area contributed by atoms with Crippen LogP contribution < -0.4 is 21.1 Å². The van der Waals surface area contributed by atoms with E-state index in [1.165, 1.54) is 5.56 Å². The Kier molecular flexibility index (Phi) is 10.1. The van der Waals surface area contributed by atoms with Crippen molar-refractivity contribution in [2.24, 2.45) is 7.05 Å². The molecule has 0 saturated carbocycles. The highest BCUT2D eigenvalue weighted by Gasteiger charge is 2.07. The van der Waals surface area contributed by atoms with Crippen LogP contribution in [0.25, 0.3) is 11.1 Å². The standard InChI is InChI=1S/C21H29N7O.C6H6/c1-15(16-5-6-20(29-3)25-11-16)10-23-7-4-8-24-19-9-17(12-26-21(19)22)18-13-27-28(2)14-18;1-2-4-6-5-3-1/h5-6,9,11-15,23-24H,4,7-8,10H2,1-3H3,(H2,22,26);1-6H. The van der Waals surface area contributed by atoms with Gasteiger partial charge in [-0.25, -0.2) is 9.97 Å². The van der Waals surface area contributed by atoms with Gasteiger partial charge in [0, 0.05) is 55.9 Å². The zero-order valence-corrected chi connectivity index (χ0v) is 20.7. The topological polar surface area (TPSA) is 103 Å². The molecular weight excluding hydrogens is 438 g/mol. The fraction of sp³-hybridized carbons (Fsp3) is 0.296. The molecule has 0 saturated heterocycles. The van der Waals surface area contributed by atoms with E-state index in [9.17, 15) is 0 Å². The second-order valence-corrected chi connectivity index (χ2v) is 8.23. The summed E-state index contributed by atoms with van der Waals surface area (Å²) in [5, 5.41) is 11.1. The van der Waals surface area contributed by atoms with E-state index in [2.05, 4.69) is 38.7 Å². The molecule has 184 valence electrons. The molecule has 0 bridgehead atoms. The lowest BCUT2D eigenvalue weighted by Gasteiger charge is -2.14. The average molecular weight is 474 g/mol. The van der Waals surface area contributed by atoms with E-state index in [1.807, 2.05) is 74.2 Å². The Balaban J connectivity index is 0.000000497. The van der Waals surface area contributed by atoms with Crippen molar-refractivity contribution >= 4 is 11.5 Å². The van der Waals surface area contributed by atoms with Crippen molar-refractivity contribution in [3.05, 3.63) is 84.9 Å². The summed E-state index contributed by atoms with van der Waals surface area (Å²) in [5.74, 6) is 1.53. The van der Waals surface area contributed by atoms with Gasteiger partial charge in [0.15, 0.2) is 0 Å². The summed E-state index contributed by atoms with van der Waals surface area (Å²) in [7, 11) is 3.52. The summed E-state index contributed by atoms with van der Waals surface area (Å²) in [6, 6.07) is 18.0. The summed E-state index contributed by atoms with van der Waals surface area (Å²) in [6.45, 7) is 4.81. The van der Waals surface area contributed by atoms with Crippen molar-refractivity contribution in [1.29, 1.82) is 0 Å². The number of aromatic nitrogens is 4. The second kappa shape index (κ2) is 13.7. The Morgan fingerprint density at radius 2 is 1.71 bits per heavy atom. The Labute approximate surface area is 207 Å². The molecule has 0 amide bonds. The van der Waals surface area contributed by atoms with E-state index in [0.717, 1.165) is 42.9 Å². The van der Waals surface area contributed by atoms with Gasteiger partial charge < -0.3 is 21.1 Å². The largest absolute Gasteiger partial charge is 0.481 e. The first-order chi connectivity index (χ1) is 17.1. The fourth-order valence-electron chi connectivity index (χ4n) is 3.41. The molecule has 8 nitrogen and oxygen atoms in total. The molecule has 4 N–H and O–H groups in total. The van der Waals surface area contributed by atoms with Crippen molar-refractivity contribution in [3.63, 3.8) is 0 Å². The highest BCUT2D eigenvalue weighted by atomic mass is 16.5. The maximum Gasteiger partial charge on any atom is 0.212 e. The van der Waals surface area contributed by atoms with Gasteiger partial charge in [-0.15, -0.1) is 0 Å². The van der Waals surface area contributed by atoms with Gasteiger partial charge >= 0.3 is 0 Å². The van der Waals surface area contributed by atoms with Gasteiger partial charge in [0.25, 0.3) is 0 Å². The molecule has 0 aliphatic rings. The van der Waals surface area contributed by atoms with Gasteiger partial charge in [-0.1, -0.05) is 49.4 Å². The van der Waals surface area contributed by atoms with Crippen molar-refractivity contribution in [1.82, 2.24) is 25.1 Å². The third kappa shape index (κ3) is 8.42. The molecule has 0 aliphatic carbocycles. The highest BCUT2D eigenvalue weighted by molar-refractivity contribution is 5.72. The van der Waals surface area contributed by atoms with Gasteiger partial charge in [0.2, 0.25) is 5.88 Å². The number of ether oxygens (including phenoxy) is 1. The van der Waals surface area contributed by atoms with E-state index < -0.39 is 0 Å². The van der Waals surface area contributed by atoms with Crippen LogP contribution in [0.3, 0.4) is 0 Å². The Morgan fingerprint density at radius 3 is 2.31 bits per heavy atom. The number of pyridine rings is 2. The van der Waals surface area contributed by atoms with Crippen LogP contribution in [0.5, 0.6) is 5.88 Å². The van der Waals surface area contributed by atoms with Crippen LogP contribution in [0.2, 0.25) is 0 Å². The first kappa shape index (κ1) is 25.7. The van der Waals surface area contributed by atoms with E-state index in [4.69, 9.17) is 10.5 Å². The van der Waals surface area contributed by atoms with Crippen LogP contribution in [0.15, 0.2) is 79.4 Å². The normalized spacial score (nSPS) is 11.3. The van der Waals surface area contributed by atoms with Crippen molar-refractivity contribution in [3.8, 4) is 17.0 Å². The minimum atomic E-state index is 0.386. The SMILES string of the molecule is COc1ccc(C(C)CNCCCNc2cc(-c3cnn(C)c3)cnc2N)cn1.c1ccccc1. The third-order valence-corrected chi connectivity index (χ3v) is 5.46. The maximum atomic E-state index is 6.01. The van der Waals surface area contributed by atoms with Crippen LogP contribution in [-0.4, -0.2) is 46.5 Å². The molecule has 35 heavy (non-hydrogen) atoms. The van der Waals surface area contributed by atoms with Gasteiger partial charge in [0.1, 0.15) is 5.82 Å². The molecule has 1 unspecified atom stereocenters. The Hall–Kier alpha value is -3.91. The molecular formula is C27H35N7O. The Bertz CT molecular complexity index is 1100. The maximum absolute atomic E-state index is 6.01. The number of nitrogens with two attached hydrogens (primary N) is 1. The smallest absolute Gasteiger partial charge is 0.212 e. The van der Waals surface area contributed by atoms with Crippen molar-refractivity contribution in [2.75, 3.05) is 37.8 Å². The zero-order chi connectivity index (χ0) is 24.9. The summed E-state index contributed by atoms with van der Waals surface area (Å²) in [5.41, 5.74) is 10.1. The lowest BCUT2D eigenvalue weighted by atomic mass is 10.0. The first-order valence-corrected chi connectivity index (χ1v) is 11.8. The van der Waals surface area contributed by atoms with E-state index in [0.29, 0.717) is 17.6 Å². The second-order valence-electron chi connectivity index (χ2n) is 8.23. The third-order valence-electron chi connectivity index (χ3n) is 5.46. The van der Waals surface area contributed by atoms with Gasteiger partial charge in [-0.2, -0.15) is 5.10 Å². The lowest BCUT2D eigenvalue weighted by molar-refractivity contribution is 0.397. The molecule has 1 aromatic carbocycles.